The summed E-state index contributed by atoms with van der Waals surface area (Å²) in [6.07, 6.45) is 0. The van der Waals surface area contributed by atoms with Gasteiger partial charge >= 0.3 is 0 Å². The smallest absolute Gasteiger partial charge is 0.260 e. The molecule has 6 nitrogen and oxygen atoms in total. The second kappa shape index (κ2) is 9.05. The highest BCUT2D eigenvalue weighted by Crippen LogP contribution is 2.30. The molecule has 1 aliphatic heterocycles. The molecule has 3 heterocycles. The summed E-state index contributed by atoms with van der Waals surface area (Å²) in [5.41, 5.74) is 1.84. The summed E-state index contributed by atoms with van der Waals surface area (Å²) in [5, 5.41) is 2.85. The van der Waals surface area contributed by atoms with Crippen LogP contribution in [0.5, 0.6) is 0 Å². The number of nitrogens with one attached hydrogen (secondary N) is 1. The van der Waals surface area contributed by atoms with E-state index in [2.05, 4.69) is 14.9 Å². The summed E-state index contributed by atoms with van der Waals surface area (Å²) in [6.45, 7) is 2.98. The SMILES string of the molecule is O=C(c1ccccc1Cl)N1CCN(Cc2nc3scc(-c4ccc(F)cc4)c3c(=O)[nH]2)CC1. The van der Waals surface area contributed by atoms with Crippen LogP contribution in [0.3, 0.4) is 0 Å². The monoisotopic (exact) mass is 482 g/mol. The summed E-state index contributed by atoms with van der Waals surface area (Å²) >= 11 is 7.57. The molecular formula is C24H20ClFN4O2S. The Labute approximate surface area is 198 Å². The molecule has 9 heteroatoms. The third kappa shape index (κ3) is 4.42. The summed E-state index contributed by atoms with van der Waals surface area (Å²) in [7, 11) is 0. The maximum atomic E-state index is 13.3. The van der Waals surface area contributed by atoms with Crippen molar-refractivity contribution < 1.29 is 9.18 Å². The number of nitrogens with zero attached hydrogens (tertiary/aromatic N) is 3. The Balaban J connectivity index is 1.29. The van der Waals surface area contributed by atoms with Gasteiger partial charge in [0.1, 0.15) is 16.5 Å². The first kappa shape index (κ1) is 21.8. The lowest BCUT2D eigenvalue weighted by molar-refractivity contribution is 0.0625. The van der Waals surface area contributed by atoms with Gasteiger partial charge in [0.15, 0.2) is 0 Å². The zero-order valence-corrected chi connectivity index (χ0v) is 19.1. The lowest BCUT2D eigenvalue weighted by Crippen LogP contribution is -2.48. The van der Waals surface area contributed by atoms with E-state index in [0.717, 1.165) is 11.1 Å². The van der Waals surface area contributed by atoms with E-state index >= 15 is 0 Å². The number of carbonyl (C=O) groups excluding carboxylic acids is 1. The molecule has 1 amide bonds. The number of aromatic amines is 1. The predicted molar refractivity (Wildman–Crippen MR) is 128 cm³/mol. The van der Waals surface area contributed by atoms with Crippen molar-refractivity contribution in [2.24, 2.45) is 0 Å². The lowest BCUT2D eigenvalue weighted by Gasteiger charge is -2.34. The molecule has 1 saturated heterocycles. The Hall–Kier alpha value is -3.07. The van der Waals surface area contributed by atoms with Gasteiger partial charge in [-0.15, -0.1) is 11.3 Å². The molecular weight excluding hydrogens is 463 g/mol. The van der Waals surface area contributed by atoms with E-state index in [4.69, 9.17) is 11.6 Å². The summed E-state index contributed by atoms with van der Waals surface area (Å²) in [4.78, 5) is 37.8. The first-order valence-electron chi connectivity index (χ1n) is 10.5. The maximum absolute atomic E-state index is 13.3. The highest BCUT2D eigenvalue weighted by Gasteiger charge is 2.24. The van der Waals surface area contributed by atoms with Crippen LogP contribution in [0.2, 0.25) is 5.02 Å². The molecule has 0 saturated carbocycles. The second-order valence-electron chi connectivity index (χ2n) is 7.90. The molecule has 0 spiro atoms. The molecule has 2 aromatic carbocycles. The number of benzene rings is 2. The number of H-pyrrole nitrogens is 1. The summed E-state index contributed by atoms with van der Waals surface area (Å²) in [6, 6.07) is 13.1. The van der Waals surface area contributed by atoms with Crippen molar-refractivity contribution in [3.05, 3.63) is 86.5 Å². The fourth-order valence-corrected chi connectivity index (χ4v) is 5.22. The minimum Gasteiger partial charge on any atom is -0.336 e. The van der Waals surface area contributed by atoms with Crippen LogP contribution < -0.4 is 5.56 Å². The fraction of sp³-hybridized carbons (Fsp3) is 0.208. The normalized spacial score (nSPS) is 14.7. The van der Waals surface area contributed by atoms with Crippen LogP contribution in [0.4, 0.5) is 4.39 Å². The number of hydrogen-bond acceptors (Lipinski definition) is 5. The van der Waals surface area contributed by atoms with Crippen molar-refractivity contribution in [2.45, 2.75) is 6.54 Å². The van der Waals surface area contributed by atoms with E-state index in [1.165, 1.54) is 23.5 Å². The van der Waals surface area contributed by atoms with Gasteiger partial charge in [-0.3, -0.25) is 14.5 Å². The van der Waals surface area contributed by atoms with Crippen molar-refractivity contribution in [3.63, 3.8) is 0 Å². The van der Waals surface area contributed by atoms with E-state index in [1.54, 1.807) is 41.3 Å². The Kier molecular flexibility index (Phi) is 5.97. The number of thiophene rings is 1. The topological polar surface area (TPSA) is 69.3 Å². The minimum absolute atomic E-state index is 0.0693. The first-order chi connectivity index (χ1) is 16.0. The van der Waals surface area contributed by atoms with Gasteiger partial charge in [0, 0.05) is 37.1 Å². The second-order valence-corrected chi connectivity index (χ2v) is 9.16. The van der Waals surface area contributed by atoms with E-state index in [-0.39, 0.29) is 17.3 Å². The van der Waals surface area contributed by atoms with Gasteiger partial charge in [0.2, 0.25) is 0 Å². The molecule has 5 rings (SSSR count). The quantitative estimate of drug-likeness (QED) is 0.468. The molecule has 33 heavy (non-hydrogen) atoms. The number of aromatic nitrogens is 2. The van der Waals surface area contributed by atoms with Gasteiger partial charge in [0.05, 0.1) is 22.5 Å². The molecule has 0 atom stereocenters. The average Bonchev–Trinajstić information content (AvgIpc) is 3.24. The number of amides is 1. The number of rotatable bonds is 4. The van der Waals surface area contributed by atoms with E-state index in [9.17, 15) is 14.0 Å². The molecule has 2 aromatic heterocycles. The van der Waals surface area contributed by atoms with Crippen LogP contribution in [0.1, 0.15) is 16.2 Å². The van der Waals surface area contributed by atoms with Crippen molar-refractivity contribution in [3.8, 4) is 11.1 Å². The van der Waals surface area contributed by atoms with Crippen molar-refractivity contribution in [1.82, 2.24) is 19.8 Å². The first-order valence-corrected chi connectivity index (χ1v) is 11.8. The van der Waals surface area contributed by atoms with Gasteiger partial charge in [-0.05, 0) is 29.8 Å². The lowest BCUT2D eigenvalue weighted by atomic mass is 10.1. The molecule has 1 fully saturated rings. The van der Waals surface area contributed by atoms with Crippen LogP contribution in [-0.2, 0) is 6.54 Å². The van der Waals surface area contributed by atoms with Gasteiger partial charge in [-0.1, -0.05) is 35.9 Å². The number of fused-ring (bicyclic) bond motifs is 1. The zero-order valence-electron chi connectivity index (χ0n) is 17.6. The Morgan fingerprint density at radius 3 is 2.55 bits per heavy atom. The summed E-state index contributed by atoms with van der Waals surface area (Å²) in [5.74, 6) is 0.201. The molecule has 168 valence electrons. The Morgan fingerprint density at radius 2 is 1.82 bits per heavy atom. The molecule has 0 radical (unpaired) electrons. The standard InChI is InChI=1S/C24H20ClFN4O2S/c25-19-4-2-1-3-17(19)24(32)30-11-9-29(10-12-30)13-20-27-22(31)21-18(14-33-23(21)28-20)15-5-7-16(26)8-6-15/h1-8,14H,9-13H2,(H,27,28,31). The van der Waals surface area contributed by atoms with Crippen LogP contribution in [0, 0.1) is 5.82 Å². The number of piperazine rings is 1. The zero-order chi connectivity index (χ0) is 22.9. The Bertz CT molecular complexity index is 1380. The number of hydrogen-bond donors (Lipinski definition) is 1. The van der Waals surface area contributed by atoms with E-state index in [1.807, 2.05) is 5.38 Å². The average molecular weight is 483 g/mol. The van der Waals surface area contributed by atoms with Crippen LogP contribution in [0.25, 0.3) is 21.3 Å². The van der Waals surface area contributed by atoms with Crippen molar-refractivity contribution in [1.29, 1.82) is 0 Å². The summed E-state index contributed by atoms with van der Waals surface area (Å²) < 4.78 is 13.3. The predicted octanol–water partition coefficient (Wildman–Crippen LogP) is 4.40. The largest absolute Gasteiger partial charge is 0.336 e. The fourth-order valence-electron chi connectivity index (χ4n) is 4.04. The van der Waals surface area contributed by atoms with Crippen LogP contribution in [-0.4, -0.2) is 51.9 Å². The highest BCUT2D eigenvalue weighted by molar-refractivity contribution is 7.17. The number of halogens is 2. The number of carbonyl (C=O) groups is 1. The van der Waals surface area contributed by atoms with Crippen molar-refractivity contribution in [2.75, 3.05) is 26.2 Å². The third-order valence-corrected chi connectivity index (χ3v) is 6.99. The molecule has 1 N–H and O–H groups in total. The maximum Gasteiger partial charge on any atom is 0.260 e. The molecule has 0 aliphatic carbocycles. The molecule has 0 bridgehead atoms. The van der Waals surface area contributed by atoms with Gasteiger partial charge in [-0.25, -0.2) is 9.37 Å². The van der Waals surface area contributed by atoms with Gasteiger partial charge < -0.3 is 9.88 Å². The van der Waals surface area contributed by atoms with E-state index in [0.29, 0.717) is 59.4 Å². The van der Waals surface area contributed by atoms with Crippen LogP contribution >= 0.6 is 22.9 Å². The van der Waals surface area contributed by atoms with E-state index < -0.39 is 0 Å². The van der Waals surface area contributed by atoms with Gasteiger partial charge in [0.25, 0.3) is 11.5 Å². The van der Waals surface area contributed by atoms with Gasteiger partial charge in [-0.2, -0.15) is 0 Å². The highest BCUT2D eigenvalue weighted by atomic mass is 35.5. The Morgan fingerprint density at radius 1 is 1.09 bits per heavy atom. The molecule has 0 unspecified atom stereocenters. The van der Waals surface area contributed by atoms with Crippen molar-refractivity contribution >= 4 is 39.1 Å². The van der Waals surface area contributed by atoms with Crippen LogP contribution in [0.15, 0.2) is 58.7 Å². The minimum atomic E-state index is -0.318. The third-order valence-electron chi connectivity index (χ3n) is 5.79. The molecule has 4 aromatic rings. The molecule has 1 aliphatic rings.